The Kier molecular flexibility index (Phi) is 4.92. The SMILES string of the molecule is Cc1ccccc1N1CCCN(C(=O)c2ccc(-n3cccn3)cc2)CC1. The van der Waals surface area contributed by atoms with Crippen LogP contribution in [0.15, 0.2) is 67.0 Å². The van der Waals surface area contributed by atoms with Gasteiger partial charge in [-0.1, -0.05) is 18.2 Å². The molecule has 0 radical (unpaired) electrons. The summed E-state index contributed by atoms with van der Waals surface area (Å²) in [5, 5.41) is 4.22. The summed E-state index contributed by atoms with van der Waals surface area (Å²) in [5.74, 6) is 0.105. The highest BCUT2D eigenvalue weighted by Crippen LogP contribution is 2.21. The van der Waals surface area contributed by atoms with Crippen molar-refractivity contribution in [1.29, 1.82) is 0 Å². The molecule has 1 aromatic heterocycles. The monoisotopic (exact) mass is 360 g/mol. The van der Waals surface area contributed by atoms with Crippen molar-refractivity contribution in [2.45, 2.75) is 13.3 Å². The number of rotatable bonds is 3. The summed E-state index contributed by atoms with van der Waals surface area (Å²) >= 11 is 0. The standard InChI is InChI=1S/C22H24N4O/c1-18-6-2-3-7-21(18)24-13-5-14-25(17-16-24)22(27)19-8-10-20(11-9-19)26-15-4-12-23-26/h2-4,6-12,15H,5,13-14,16-17H2,1H3. The van der Waals surface area contributed by atoms with E-state index >= 15 is 0 Å². The summed E-state index contributed by atoms with van der Waals surface area (Å²) in [5.41, 5.74) is 4.25. The molecule has 1 saturated heterocycles. The van der Waals surface area contributed by atoms with E-state index in [1.165, 1.54) is 11.3 Å². The van der Waals surface area contributed by atoms with E-state index in [-0.39, 0.29) is 5.91 Å². The fourth-order valence-corrected chi connectivity index (χ4v) is 3.64. The summed E-state index contributed by atoms with van der Waals surface area (Å²) in [6.07, 6.45) is 4.62. The first-order valence-electron chi connectivity index (χ1n) is 9.42. The minimum Gasteiger partial charge on any atom is -0.369 e. The summed E-state index contributed by atoms with van der Waals surface area (Å²) in [6, 6.07) is 18.0. The third kappa shape index (κ3) is 3.72. The number of anilines is 1. The fraction of sp³-hybridized carbons (Fsp3) is 0.273. The molecule has 0 saturated carbocycles. The van der Waals surface area contributed by atoms with Gasteiger partial charge in [0.15, 0.2) is 0 Å². The van der Waals surface area contributed by atoms with Gasteiger partial charge in [0.1, 0.15) is 0 Å². The van der Waals surface area contributed by atoms with Crippen LogP contribution in [0.2, 0.25) is 0 Å². The summed E-state index contributed by atoms with van der Waals surface area (Å²) in [4.78, 5) is 17.3. The van der Waals surface area contributed by atoms with Crippen molar-refractivity contribution in [3.05, 3.63) is 78.1 Å². The van der Waals surface area contributed by atoms with Gasteiger partial charge in [-0.25, -0.2) is 4.68 Å². The largest absolute Gasteiger partial charge is 0.369 e. The Morgan fingerprint density at radius 1 is 0.926 bits per heavy atom. The molecule has 1 amide bonds. The van der Waals surface area contributed by atoms with Gasteiger partial charge in [0, 0.05) is 49.8 Å². The molecule has 5 heteroatoms. The minimum atomic E-state index is 0.105. The lowest BCUT2D eigenvalue weighted by molar-refractivity contribution is 0.0767. The number of nitrogens with zero attached hydrogens (tertiary/aromatic N) is 4. The predicted octanol–water partition coefficient (Wildman–Crippen LogP) is 3.53. The minimum absolute atomic E-state index is 0.105. The molecule has 1 aliphatic rings. The summed E-state index contributed by atoms with van der Waals surface area (Å²) in [7, 11) is 0. The molecule has 0 unspecified atom stereocenters. The lowest BCUT2D eigenvalue weighted by Crippen LogP contribution is -2.35. The van der Waals surface area contributed by atoms with Gasteiger partial charge in [0.05, 0.1) is 5.69 Å². The number of hydrogen-bond acceptors (Lipinski definition) is 3. The number of hydrogen-bond donors (Lipinski definition) is 0. The fourth-order valence-electron chi connectivity index (χ4n) is 3.64. The molecular weight excluding hydrogens is 336 g/mol. The van der Waals surface area contributed by atoms with E-state index in [9.17, 15) is 4.79 Å². The van der Waals surface area contributed by atoms with Crippen LogP contribution < -0.4 is 4.90 Å². The van der Waals surface area contributed by atoms with Gasteiger partial charge in [0.2, 0.25) is 0 Å². The molecule has 0 atom stereocenters. The van der Waals surface area contributed by atoms with E-state index in [0.717, 1.165) is 43.9 Å². The maximum absolute atomic E-state index is 12.9. The van der Waals surface area contributed by atoms with Gasteiger partial charge in [-0.05, 0) is 55.3 Å². The highest BCUT2D eigenvalue weighted by atomic mass is 16.2. The van der Waals surface area contributed by atoms with E-state index in [4.69, 9.17) is 0 Å². The van der Waals surface area contributed by atoms with Crippen molar-refractivity contribution < 1.29 is 4.79 Å². The second-order valence-corrected chi connectivity index (χ2v) is 6.92. The number of carbonyl (C=O) groups is 1. The van der Waals surface area contributed by atoms with Crippen molar-refractivity contribution in [1.82, 2.24) is 14.7 Å². The van der Waals surface area contributed by atoms with Crippen molar-refractivity contribution in [3.63, 3.8) is 0 Å². The quantitative estimate of drug-likeness (QED) is 0.717. The average molecular weight is 360 g/mol. The zero-order valence-electron chi connectivity index (χ0n) is 15.6. The lowest BCUT2D eigenvalue weighted by Gasteiger charge is -2.25. The van der Waals surface area contributed by atoms with Crippen LogP contribution >= 0.6 is 0 Å². The Labute approximate surface area is 159 Å². The third-order valence-corrected chi connectivity index (χ3v) is 5.12. The Balaban J connectivity index is 1.44. The zero-order valence-corrected chi connectivity index (χ0v) is 15.6. The normalized spacial score (nSPS) is 14.9. The van der Waals surface area contributed by atoms with Gasteiger partial charge in [-0.15, -0.1) is 0 Å². The maximum Gasteiger partial charge on any atom is 0.253 e. The molecule has 138 valence electrons. The molecule has 3 aromatic rings. The molecule has 0 aliphatic carbocycles. The molecule has 0 bridgehead atoms. The van der Waals surface area contributed by atoms with Crippen LogP contribution in [0.3, 0.4) is 0 Å². The van der Waals surface area contributed by atoms with Crippen LogP contribution in [0.5, 0.6) is 0 Å². The maximum atomic E-state index is 12.9. The van der Waals surface area contributed by atoms with E-state index in [2.05, 4.69) is 41.2 Å². The number of aromatic nitrogens is 2. The molecule has 2 heterocycles. The van der Waals surface area contributed by atoms with Crippen molar-refractivity contribution >= 4 is 11.6 Å². The summed E-state index contributed by atoms with van der Waals surface area (Å²) < 4.78 is 1.79. The van der Waals surface area contributed by atoms with Crippen LogP contribution in [-0.2, 0) is 0 Å². The van der Waals surface area contributed by atoms with Crippen LogP contribution in [0.25, 0.3) is 5.69 Å². The molecule has 5 nitrogen and oxygen atoms in total. The number of aryl methyl sites for hydroxylation is 1. The molecule has 1 aliphatic heterocycles. The highest BCUT2D eigenvalue weighted by molar-refractivity contribution is 5.94. The van der Waals surface area contributed by atoms with Crippen molar-refractivity contribution in [2.75, 3.05) is 31.1 Å². The number of amides is 1. The van der Waals surface area contributed by atoms with Gasteiger partial charge in [-0.2, -0.15) is 5.10 Å². The highest BCUT2D eigenvalue weighted by Gasteiger charge is 2.21. The molecule has 0 N–H and O–H groups in total. The van der Waals surface area contributed by atoms with Crippen LogP contribution in [-0.4, -0.2) is 46.8 Å². The van der Waals surface area contributed by atoms with E-state index < -0.39 is 0 Å². The van der Waals surface area contributed by atoms with E-state index in [1.54, 1.807) is 10.9 Å². The first-order valence-corrected chi connectivity index (χ1v) is 9.42. The molecule has 27 heavy (non-hydrogen) atoms. The van der Waals surface area contributed by atoms with E-state index in [0.29, 0.717) is 0 Å². The summed E-state index contributed by atoms with van der Waals surface area (Å²) in [6.45, 7) is 5.52. The van der Waals surface area contributed by atoms with Gasteiger partial charge >= 0.3 is 0 Å². The van der Waals surface area contributed by atoms with Crippen LogP contribution in [0.1, 0.15) is 22.3 Å². The smallest absolute Gasteiger partial charge is 0.253 e. The Bertz CT molecular complexity index is 902. The zero-order chi connectivity index (χ0) is 18.6. The van der Waals surface area contributed by atoms with Crippen molar-refractivity contribution in [2.24, 2.45) is 0 Å². The van der Waals surface area contributed by atoms with E-state index in [1.807, 2.05) is 41.4 Å². The predicted molar refractivity (Wildman–Crippen MR) is 107 cm³/mol. The number of para-hydroxylation sites is 1. The molecule has 4 rings (SSSR count). The van der Waals surface area contributed by atoms with Crippen LogP contribution in [0.4, 0.5) is 5.69 Å². The Morgan fingerprint density at radius 2 is 1.74 bits per heavy atom. The van der Waals surface area contributed by atoms with Crippen LogP contribution in [0, 0.1) is 6.92 Å². The number of benzene rings is 2. The molecule has 2 aromatic carbocycles. The van der Waals surface area contributed by atoms with Gasteiger partial charge in [0.25, 0.3) is 5.91 Å². The lowest BCUT2D eigenvalue weighted by atomic mass is 10.1. The van der Waals surface area contributed by atoms with Gasteiger partial charge < -0.3 is 9.80 Å². The average Bonchev–Trinajstić information content (AvgIpc) is 3.13. The second-order valence-electron chi connectivity index (χ2n) is 6.92. The molecule has 0 spiro atoms. The third-order valence-electron chi connectivity index (χ3n) is 5.12. The first-order chi connectivity index (χ1) is 13.2. The Hall–Kier alpha value is -3.08. The second kappa shape index (κ2) is 7.66. The van der Waals surface area contributed by atoms with Gasteiger partial charge in [-0.3, -0.25) is 4.79 Å². The number of carbonyl (C=O) groups excluding carboxylic acids is 1. The topological polar surface area (TPSA) is 41.4 Å². The molecular formula is C22H24N4O. The Morgan fingerprint density at radius 3 is 2.48 bits per heavy atom. The molecule has 1 fully saturated rings. The first kappa shape index (κ1) is 17.3. The van der Waals surface area contributed by atoms with Crippen molar-refractivity contribution in [3.8, 4) is 5.69 Å².